The molecule has 0 saturated heterocycles. The fraction of sp³-hybridized carbons (Fsp3) is 0.167. The van der Waals surface area contributed by atoms with Crippen LogP contribution in [0.5, 0.6) is 0 Å². The lowest BCUT2D eigenvalue weighted by Gasteiger charge is -2.33. The van der Waals surface area contributed by atoms with E-state index in [1.54, 1.807) is 0 Å². The van der Waals surface area contributed by atoms with Gasteiger partial charge in [0.25, 0.3) is 0 Å². The van der Waals surface area contributed by atoms with Crippen molar-refractivity contribution in [2.45, 2.75) is 54.6 Å². The molecule has 5 aromatic carbocycles. The molecule has 258 valence electrons. The molecular formula is C48H44N2O2. The Balaban J connectivity index is 1.19. The van der Waals surface area contributed by atoms with Crippen molar-refractivity contribution in [3.63, 3.8) is 0 Å². The van der Waals surface area contributed by atoms with Gasteiger partial charge in [0.2, 0.25) is 11.4 Å². The largest absolute Gasteiger partial charge is 0.871 e. The van der Waals surface area contributed by atoms with Crippen molar-refractivity contribution in [3.8, 4) is 0 Å². The lowest BCUT2D eigenvalue weighted by molar-refractivity contribution is -0.457. The first-order valence-electron chi connectivity index (χ1n) is 17.9. The number of ketones is 1. The number of Topliss-reactive ketones (excluding diaryl/α,β-unsaturated/α-hetero) is 1. The molecule has 0 fully saturated rings. The van der Waals surface area contributed by atoms with Crippen LogP contribution < -0.4 is 10.0 Å². The van der Waals surface area contributed by atoms with E-state index >= 15 is 0 Å². The summed E-state index contributed by atoms with van der Waals surface area (Å²) in [6, 6.07) is 37.7. The topological polar surface area (TPSA) is 46.4 Å². The average molecular weight is 681 g/mol. The highest BCUT2D eigenvalue weighted by Crippen LogP contribution is 2.39. The van der Waals surface area contributed by atoms with Gasteiger partial charge in [-0.3, -0.25) is 4.79 Å². The zero-order chi connectivity index (χ0) is 36.5. The van der Waals surface area contributed by atoms with Crippen molar-refractivity contribution < 1.29 is 14.5 Å². The highest BCUT2D eigenvalue weighted by Gasteiger charge is 2.31. The van der Waals surface area contributed by atoms with Gasteiger partial charge in [-0.05, 0) is 111 Å². The normalized spacial score (nSPS) is 13.9. The summed E-state index contributed by atoms with van der Waals surface area (Å²) in [4.78, 5) is 15.9. The van der Waals surface area contributed by atoms with E-state index in [0.29, 0.717) is 24.2 Å². The van der Waals surface area contributed by atoms with Crippen LogP contribution in [-0.4, -0.2) is 16.1 Å². The van der Waals surface area contributed by atoms with E-state index in [4.69, 9.17) is 0 Å². The Kier molecular flexibility index (Phi) is 9.49. The van der Waals surface area contributed by atoms with Crippen LogP contribution in [0, 0.1) is 41.5 Å². The van der Waals surface area contributed by atoms with Crippen molar-refractivity contribution in [2.24, 2.45) is 0 Å². The molecule has 0 radical (unpaired) electrons. The Bertz CT molecular complexity index is 2370. The van der Waals surface area contributed by atoms with Crippen LogP contribution in [0.15, 0.2) is 150 Å². The lowest BCUT2D eigenvalue weighted by Crippen LogP contribution is -2.30. The molecule has 0 aromatic heterocycles. The summed E-state index contributed by atoms with van der Waals surface area (Å²) in [6.07, 6.45) is 7.84. The number of aryl methyl sites for hydroxylation is 6. The molecule has 0 N–H and O–H groups in total. The molecule has 52 heavy (non-hydrogen) atoms. The van der Waals surface area contributed by atoms with E-state index in [1.807, 2.05) is 48.6 Å². The third-order valence-electron chi connectivity index (χ3n) is 10.3. The molecule has 5 aromatic rings. The summed E-state index contributed by atoms with van der Waals surface area (Å²) in [6.45, 7) is 14.2. The molecule has 0 bridgehead atoms. The average Bonchev–Trinajstić information content (AvgIpc) is 3.13. The first-order valence-corrected chi connectivity index (χ1v) is 17.9. The molecule has 0 spiro atoms. The van der Waals surface area contributed by atoms with Gasteiger partial charge in [-0.15, -0.1) is 0 Å². The number of hydrogen-bond acceptors (Lipinski definition) is 3. The molecule has 0 saturated carbocycles. The molecule has 2 aliphatic rings. The molecule has 0 heterocycles. The van der Waals surface area contributed by atoms with Crippen LogP contribution in [0.1, 0.15) is 50.1 Å². The Morgan fingerprint density at radius 2 is 1.19 bits per heavy atom. The van der Waals surface area contributed by atoms with Gasteiger partial charge in [0, 0.05) is 58.4 Å². The number of carbonyl (C=O) groups excluding carboxylic acids is 1. The molecule has 4 heteroatoms. The summed E-state index contributed by atoms with van der Waals surface area (Å²) in [5.74, 6) is -0.411. The van der Waals surface area contributed by atoms with E-state index in [-0.39, 0.29) is 22.7 Å². The minimum Gasteiger partial charge on any atom is -0.871 e. The number of carbonyl (C=O) groups is 1. The fourth-order valence-corrected chi connectivity index (χ4v) is 7.30. The minimum absolute atomic E-state index is 0.206. The number of allylic oxidation sites excluding steroid dienone is 7. The van der Waals surface area contributed by atoms with Crippen LogP contribution in [0.4, 0.5) is 17.1 Å². The van der Waals surface area contributed by atoms with Gasteiger partial charge in [0.05, 0.1) is 0 Å². The van der Waals surface area contributed by atoms with Gasteiger partial charge in [-0.2, -0.15) is 4.58 Å². The third-order valence-corrected chi connectivity index (χ3v) is 10.3. The van der Waals surface area contributed by atoms with Gasteiger partial charge < -0.3 is 10.0 Å². The van der Waals surface area contributed by atoms with E-state index in [2.05, 4.69) is 136 Å². The number of benzene rings is 5. The van der Waals surface area contributed by atoms with Crippen molar-refractivity contribution in [2.75, 3.05) is 4.90 Å². The SMILES string of the molecule is Cc1ccc(N(Cc2ccccc2C)c2ccc(C3=C([O-])C(=C4C=CC(=[N+](Cc5ccccc5C)c5ccc(C)cc5C)C=C4)C3=O)cc2)c(C)c1. The van der Waals surface area contributed by atoms with Crippen LogP contribution in [-0.2, 0) is 17.9 Å². The molecule has 0 amide bonds. The minimum atomic E-state index is -0.206. The highest BCUT2D eigenvalue weighted by molar-refractivity contribution is 6.39. The Morgan fingerprint density at radius 3 is 1.79 bits per heavy atom. The maximum atomic E-state index is 13.6. The van der Waals surface area contributed by atoms with Crippen LogP contribution in [0.25, 0.3) is 5.57 Å². The summed E-state index contributed by atoms with van der Waals surface area (Å²) < 4.78 is 2.30. The molecule has 7 rings (SSSR count). The van der Waals surface area contributed by atoms with Crippen LogP contribution in [0.3, 0.4) is 0 Å². The summed E-state index contributed by atoms with van der Waals surface area (Å²) >= 11 is 0. The number of nitrogens with zero attached hydrogens (tertiary/aromatic N) is 2. The summed E-state index contributed by atoms with van der Waals surface area (Å²) in [5, 5.41) is 13.6. The highest BCUT2D eigenvalue weighted by atomic mass is 16.3. The molecule has 0 unspecified atom stereocenters. The quantitative estimate of drug-likeness (QED) is 0.121. The molecule has 0 aliphatic heterocycles. The smallest absolute Gasteiger partial charge is 0.208 e. The molecular weight excluding hydrogens is 637 g/mol. The second-order valence-electron chi connectivity index (χ2n) is 14.1. The second-order valence-corrected chi connectivity index (χ2v) is 14.1. The van der Waals surface area contributed by atoms with Gasteiger partial charge in [0.15, 0.2) is 12.3 Å². The van der Waals surface area contributed by atoms with Crippen molar-refractivity contribution in [1.82, 2.24) is 0 Å². The van der Waals surface area contributed by atoms with Crippen LogP contribution >= 0.6 is 0 Å². The monoisotopic (exact) mass is 680 g/mol. The number of anilines is 2. The van der Waals surface area contributed by atoms with Crippen molar-refractivity contribution in [1.29, 1.82) is 0 Å². The van der Waals surface area contributed by atoms with Gasteiger partial charge in [0.1, 0.15) is 0 Å². The van der Waals surface area contributed by atoms with Crippen molar-refractivity contribution in [3.05, 3.63) is 200 Å². The second kappa shape index (κ2) is 14.3. The molecule has 4 nitrogen and oxygen atoms in total. The molecule has 2 aliphatic carbocycles. The maximum Gasteiger partial charge on any atom is 0.208 e. The predicted molar refractivity (Wildman–Crippen MR) is 212 cm³/mol. The third kappa shape index (κ3) is 6.72. The Labute approximate surface area is 307 Å². The zero-order valence-electron chi connectivity index (χ0n) is 30.8. The Morgan fingerprint density at radius 1 is 0.596 bits per heavy atom. The molecule has 0 atom stereocenters. The Hall–Kier alpha value is -6.00. The maximum absolute atomic E-state index is 13.6. The first-order chi connectivity index (χ1) is 25.1. The van der Waals surface area contributed by atoms with E-state index in [9.17, 15) is 9.90 Å². The van der Waals surface area contributed by atoms with Gasteiger partial charge in [-0.25, -0.2) is 0 Å². The van der Waals surface area contributed by atoms with Crippen LogP contribution in [0.2, 0.25) is 0 Å². The van der Waals surface area contributed by atoms with Gasteiger partial charge in [-0.1, -0.05) is 95.7 Å². The van der Waals surface area contributed by atoms with Crippen molar-refractivity contribution >= 4 is 34.1 Å². The fourth-order valence-electron chi connectivity index (χ4n) is 7.30. The number of hydrogen-bond donors (Lipinski definition) is 0. The van der Waals surface area contributed by atoms with E-state index in [0.717, 1.165) is 22.8 Å². The lowest BCUT2D eigenvalue weighted by atomic mass is 9.80. The first kappa shape index (κ1) is 34.4. The summed E-state index contributed by atoms with van der Waals surface area (Å²) in [5.41, 5.74) is 15.8. The summed E-state index contributed by atoms with van der Waals surface area (Å²) in [7, 11) is 0. The number of rotatable bonds is 8. The van der Waals surface area contributed by atoms with E-state index in [1.165, 1.54) is 44.5 Å². The standard InChI is InChI=1S/C48H44N2O2/c1-31-15-25-43(35(5)27-31)49(29-39-13-9-7-11-33(39)3)41-21-17-37(18-22-41)45-47(51)46(48(45)52)38-19-23-42(24-20-38)50(30-40-14-10-8-12-34(40)4)44-26-16-32(2)28-36(44)6/h7-28H,29-30H2,1-6H3. The van der Waals surface area contributed by atoms with Gasteiger partial charge >= 0.3 is 0 Å². The predicted octanol–water partition coefficient (Wildman–Crippen LogP) is 9.94. The van der Waals surface area contributed by atoms with E-state index < -0.39 is 0 Å². The zero-order valence-corrected chi connectivity index (χ0v) is 30.8.